The van der Waals surface area contributed by atoms with E-state index in [4.69, 9.17) is 0 Å². The van der Waals surface area contributed by atoms with Crippen LogP contribution < -0.4 is 16.0 Å². The highest BCUT2D eigenvalue weighted by Gasteiger charge is 2.47. The van der Waals surface area contributed by atoms with Crippen molar-refractivity contribution in [3.8, 4) is 0 Å². The van der Waals surface area contributed by atoms with Gasteiger partial charge in [0.25, 0.3) is 0 Å². The summed E-state index contributed by atoms with van der Waals surface area (Å²) in [4.78, 5) is 30.1. The number of allylic oxidation sites excluding steroid dienone is 1. The van der Waals surface area contributed by atoms with Crippen LogP contribution in [0.25, 0.3) is 10.9 Å². The Morgan fingerprint density at radius 3 is 2.88 bits per heavy atom. The maximum atomic E-state index is 13.0. The molecular weight excluding hydrogens is 444 g/mol. The first-order chi connectivity index (χ1) is 16.3. The molecule has 1 aromatic carbocycles. The second kappa shape index (κ2) is 9.42. The third-order valence-corrected chi connectivity index (χ3v) is 9.12. The van der Waals surface area contributed by atoms with Crippen LogP contribution in [-0.2, 0) is 16.0 Å². The Hall–Kier alpha value is -2.25. The van der Waals surface area contributed by atoms with Crippen molar-refractivity contribution >= 4 is 34.5 Å². The van der Waals surface area contributed by atoms with Gasteiger partial charge in [0.1, 0.15) is 0 Å². The smallest absolute Gasteiger partial charge is 0.230 e. The van der Waals surface area contributed by atoms with Gasteiger partial charge in [-0.05, 0) is 65.5 Å². The quantitative estimate of drug-likeness (QED) is 0.492. The van der Waals surface area contributed by atoms with Gasteiger partial charge in [-0.3, -0.25) is 14.9 Å². The summed E-state index contributed by atoms with van der Waals surface area (Å²) in [6.45, 7) is 7.57. The van der Waals surface area contributed by atoms with Gasteiger partial charge in [0.05, 0.1) is 17.5 Å². The summed E-state index contributed by atoms with van der Waals surface area (Å²) in [7, 11) is 0. The molecule has 4 N–H and O–H groups in total. The van der Waals surface area contributed by atoms with Gasteiger partial charge in [-0.1, -0.05) is 39.0 Å². The van der Waals surface area contributed by atoms with Crippen molar-refractivity contribution in [1.82, 2.24) is 20.9 Å². The molecule has 0 spiro atoms. The molecule has 34 heavy (non-hydrogen) atoms. The van der Waals surface area contributed by atoms with E-state index in [0.29, 0.717) is 30.7 Å². The van der Waals surface area contributed by atoms with Gasteiger partial charge in [0.15, 0.2) is 0 Å². The van der Waals surface area contributed by atoms with Gasteiger partial charge < -0.3 is 15.6 Å². The van der Waals surface area contributed by atoms with Gasteiger partial charge in [-0.2, -0.15) is 0 Å². The third kappa shape index (κ3) is 4.78. The van der Waals surface area contributed by atoms with Crippen molar-refractivity contribution in [2.45, 2.75) is 70.8 Å². The Morgan fingerprint density at radius 1 is 1.24 bits per heavy atom. The van der Waals surface area contributed by atoms with Gasteiger partial charge in [0, 0.05) is 30.1 Å². The molecule has 2 amide bonds. The fourth-order valence-electron chi connectivity index (χ4n) is 5.64. The minimum absolute atomic E-state index is 0.0301. The van der Waals surface area contributed by atoms with Crippen LogP contribution in [0.2, 0.25) is 0 Å². The number of H-pyrrole nitrogens is 1. The molecule has 3 aliphatic rings. The van der Waals surface area contributed by atoms with Crippen LogP contribution in [0, 0.1) is 17.3 Å². The Labute approximate surface area is 206 Å². The van der Waals surface area contributed by atoms with Crippen molar-refractivity contribution in [3.05, 3.63) is 46.5 Å². The molecule has 2 aromatic rings. The summed E-state index contributed by atoms with van der Waals surface area (Å²) in [5, 5.41) is 11.1. The normalized spacial score (nSPS) is 26.9. The molecule has 1 fully saturated rings. The molecule has 2 aliphatic heterocycles. The molecule has 0 bridgehead atoms. The standard InChI is InChI=1S/C27H36N4O2S/c1-27(2,3)17-8-9-19-21(14-17)34-26-24(19)25(33)30-22(31-26)10-11-23(32)28-13-12-16-15-29-20-7-5-4-6-18(16)20/h4-7,15,17,22,24,26,29,31H,8-14H2,1-3H3,(H,28,32)(H,30,33). The van der Waals surface area contributed by atoms with Crippen LogP contribution in [-0.4, -0.2) is 34.9 Å². The molecule has 182 valence electrons. The molecule has 7 heteroatoms. The summed E-state index contributed by atoms with van der Waals surface area (Å²) >= 11 is 1.86. The molecule has 1 aromatic heterocycles. The number of benzene rings is 1. The van der Waals surface area contributed by atoms with Gasteiger partial charge >= 0.3 is 0 Å². The maximum absolute atomic E-state index is 13.0. The number of thioether (sulfide) groups is 1. The van der Waals surface area contributed by atoms with E-state index in [1.807, 2.05) is 30.1 Å². The Balaban J connectivity index is 1.09. The number of hydrogen-bond acceptors (Lipinski definition) is 4. The highest BCUT2D eigenvalue weighted by molar-refractivity contribution is 8.04. The number of fused-ring (bicyclic) bond motifs is 3. The van der Waals surface area contributed by atoms with Crippen LogP contribution >= 0.6 is 11.8 Å². The second-order valence-electron chi connectivity index (χ2n) is 11.0. The zero-order chi connectivity index (χ0) is 23.9. The summed E-state index contributed by atoms with van der Waals surface area (Å²) in [6, 6.07) is 8.21. The largest absolute Gasteiger partial charge is 0.361 e. The number of hydrogen-bond donors (Lipinski definition) is 4. The van der Waals surface area contributed by atoms with Crippen LogP contribution in [0.3, 0.4) is 0 Å². The number of carbonyl (C=O) groups is 2. The Morgan fingerprint density at radius 2 is 2.06 bits per heavy atom. The van der Waals surface area contributed by atoms with Gasteiger partial charge in [-0.25, -0.2) is 0 Å². The van der Waals surface area contributed by atoms with Gasteiger partial charge in [-0.15, -0.1) is 11.8 Å². The number of para-hydroxylation sites is 1. The minimum atomic E-state index is -0.152. The lowest BCUT2D eigenvalue weighted by Crippen LogP contribution is -2.59. The van der Waals surface area contributed by atoms with E-state index >= 15 is 0 Å². The molecule has 5 rings (SSSR count). The summed E-state index contributed by atoms with van der Waals surface area (Å²) in [5.41, 5.74) is 3.99. The highest BCUT2D eigenvalue weighted by Crippen LogP contribution is 2.53. The number of rotatable bonds is 6. The van der Waals surface area contributed by atoms with Crippen molar-refractivity contribution in [2.24, 2.45) is 17.3 Å². The van der Waals surface area contributed by atoms with E-state index in [9.17, 15) is 9.59 Å². The van der Waals surface area contributed by atoms with Crippen molar-refractivity contribution in [1.29, 1.82) is 0 Å². The predicted octanol–water partition coefficient (Wildman–Crippen LogP) is 4.44. The van der Waals surface area contributed by atoms with Crippen LogP contribution in [0.1, 0.15) is 58.4 Å². The molecule has 0 saturated carbocycles. The van der Waals surface area contributed by atoms with E-state index < -0.39 is 0 Å². The number of carbonyl (C=O) groups excluding carboxylic acids is 2. The zero-order valence-electron chi connectivity index (χ0n) is 20.4. The van der Waals surface area contributed by atoms with Gasteiger partial charge in [0.2, 0.25) is 11.8 Å². The van der Waals surface area contributed by atoms with Crippen LogP contribution in [0.15, 0.2) is 40.9 Å². The lowest BCUT2D eigenvalue weighted by molar-refractivity contribution is -0.128. The fraction of sp³-hybridized carbons (Fsp3) is 0.556. The molecule has 4 unspecified atom stereocenters. The van der Waals surface area contributed by atoms with Crippen molar-refractivity contribution in [3.63, 3.8) is 0 Å². The second-order valence-corrected chi connectivity index (χ2v) is 12.2. The molecule has 1 saturated heterocycles. The van der Waals surface area contributed by atoms with E-state index in [-0.39, 0.29) is 29.3 Å². The zero-order valence-corrected chi connectivity index (χ0v) is 21.2. The number of aromatic amines is 1. The van der Waals surface area contributed by atoms with E-state index in [0.717, 1.165) is 24.8 Å². The first kappa shape index (κ1) is 23.5. The number of nitrogens with one attached hydrogen (secondary N) is 4. The number of amides is 2. The first-order valence-corrected chi connectivity index (χ1v) is 13.4. The van der Waals surface area contributed by atoms with E-state index in [1.165, 1.54) is 27.8 Å². The average Bonchev–Trinajstić information content (AvgIpc) is 3.38. The summed E-state index contributed by atoms with van der Waals surface area (Å²) in [6.07, 6.45) is 6.95. The van der Waals surface area contributed by atoms with Crippen LogP contribution in [0.5, 0.6) is 0 Å². The Kier molecular flexibility index (Phi) is 6.51. The lowest BCUT2D eigenvalue weighted by atomic mass is 9.71. The van der Waals surface area contributed by atoms with E-state index in [2.05, 4.69) is 53.8 Å². The van der Waals surface area contributed by atoms with Crippen molar-refractivity contribution in [2.75, 3.05) is 6.54 Å². The molecular formula is C27H36N4O2S. The molecule has 4 atom stereocenters. The third-order valence-electron chi connectivity index (χ3n) is 7.74. The maximum Gasteiger partial charge on any atom is 0.230 e. The number of aromatic nitrogens is 1. The summed E-state index contributed by atoms with van der Waals surface area (Å²) in [5.74, 6) is 0.774. The van der Waals surface area contributed by atoms with Crippen molar-refractivity contribution < 1.29 is 9.59 Å². The SMILES string of the molecule is CC(C)(C)C1CCC2=C(C1)SC1NC(CCC(=O)NCCc3c[nH]c4ccccc34)NC(=O)C21. The van der Waals surface area contributed by atoms with Crippen LogP contribution in [0.4, 0.5) is 0 Å². The van der Waals surface area contributed by atoms with E-state index in [1.54, 1.807) is 0 Å². The molecule has 6 nitrogen and oxygen atoms in total. The summed E-state index contributed by atoms with van der Waals surface area (Å²) < 4.78 is 0. The average molecular weight is 481 g/mol. The lowest BCUT2D eigenvalue weighted by Gasteiger charge is -2.36. The molecule has 1 aliphatic carbocycles. The monoisotopic (exact) mass is 480 g/mol. The topological polar surface area (TPSA) is 86.0 Å². The molecule has 0 radical (unpaired) electrons. The minimum Gasteiger partial charge on any atom is -0.361 e. The predicted molar refractivity (Wildman–Crippen MR) is 138 cm³/mol. The highest BCUT2D eigenvalue weighted by atomic mass is 32.2. The fourth-order valence-corrected chi connectivity index (χ4v) is 7.28. The Bertz CT molecular complexity index is 1120. The first-order valence-electron chi connectivity index (χ1n) is 12.6. The molecule has 3 heterocycles.